The Balaban J connectivity index is 1.39. The molecule has 4 rings (SSSR count). The molecule has 1 atom stereocenters. The molecule has 1 saturated heterocycles. The lowest BCUT2D eigenvalue weighted by Gasteiger charge is -2.30. The molecule has 8 nitrogen and oxygen atoms in total. The van der Waals surface area contributed by atoms with Gasteiger partial charge in [-0.05, 0) is 55.5 Å². The number of sulfonamides is 1. The Morgan fingerprint density at radius 3 is 2.66 bits per heavy atom. The van der Waals surface area contributed by atoms with Crippen molar-refractivity contribution in [2.75, 3.05) is 18.4 Å². The van der Waals surface area contributed by atoms with Crippen molar-refractivity contribution in [1.82, 2.24) is 14.5 Å². The molecule has 2 heterocycles. The van der Waals surface area contributed by atoms with Gasteiger partial charge in [0, 0.05) is 13.1 Å². The smallest absolute Gasteiger partial charge is 0.322 e. The quantitative estimate of drug-likeness (QED) is 0.613. The first-order chi connectivity index (χ1) is 15.3. The Morgan fingerprint density at radius 1 is 1.12 bits per heavy atom. The molecule has 1 aromatic heterocycles. The molecular weight excluding hydrogens is 428 g/mol. The van der Waals surface area contributed by atoms with Crippen molar-refractivity contribution in [2.24, 2.45) is 5.92 Å². The Bertz CT molecular complexity index is 1210. The maximum absolute atomic E-state index is 12.9. The van der Waals surface area contributed by atoms with E-state index < -0.39 is 15.9 Å². The predicted octanol–water partition coefficient (Wildman–Crippen LogP) is 3.32. The summed E-state index contributed by atoms with van der Waals surface area (Å²) in [5, 5.41) is 10.6. The van der Waals surface area contributed by atoms with Crippen LogP contribution in [0, 0.1) is 19.8 Å². The van der Waals surface area contributed by atoms with Gasteiger partial charge in [-0.3, -0.25) is 10.1 Å². The van der Waals surface area contributed by atoms with Crippen LogP contribution in [0.15, 0.2) is 57.8 Å². The van der Waals surface area contributed by atoms with Crippen LogP contribution in [-0.4, -0.2) is 41.9 Å². The normalized spacial score (nSPS) is 17.2. The highest BCUT2D eigenvalue weighted by atomic mass is 32.2. The number of aryl methyl sites for hydroxylation is 2. The summed E-state index contributed by atoms with van der Waals surface area (Å²) in [5.41, 5.74) is 3.44. The molecule has 0 aliphatic carbocycles. The molecule has 0 saturated carbocycles. The summed E-state index contributed by atoms with van der Waals surface area (Å²) in [7, 11) is -3.64. The molecule has 3 aromatic rings. The van der Waals surface area contributed by atoms with E-state index in [2.05, 4.69) is 28.5 Å². The summed E-state index contributed by atoms with van der Waals surface area (Å²) >= 11 is 0. The number of benzene rings is 2. The minimum atomic E-state index is -3.64. The van der Waals surface area contributed by atoms with Crippen molar-refractivity contribution in [2.45, 2.75) is 38.0 Å². The van der Waals surface area contributed by atoms with Gasteiger partial charge >= 0.3 is 6.01 Å². The molecular formula is C23H26N4O4S. The molecule has 9 heteroatoms. The van der Waals surface area contributed by atoms with E-state index in [9.17, 15) is 13.2 Å². The molecule has 1 N–H and O–H groups in total. The van der Waals surface area contributed by atoms with Gasteiger partial charge in [-0.1, -0.05) is 41.5 Å². The Kier molecular flexibility index (Phi) is 6.38. The maximum atomic E-state index is 12.9. The van der Waals surface area contributed by atoms with Crippen LogP contribution >= 0.6 is 0 Å². The summed E-state index contributed by atoms with van der Waals surface area (Å²) in [4.78, 5) is 13.0. The van der Waals surface area contributed by atoms with E-state index in [0.29, 0.717) is 31.7 Å². The maximum Gasteiger partial charge on any atom is 0.322 e. The lowest BCUT2D eigenvalue weighted by molar-refractivity contribution is -0.121. The number of amides is 1. The first-order valence-electron chi connectivity index (χ1n) is 10.6. The Labute approximate surface area is 187 Å². The van der Waals surface area contributed by atoms with Crippen molar-refractivity contribution in [3.8, 4) is 0 Å². The van der Waals surface area contributed by atoms with Crippen LogP contribution < -0.4 is 5.32 Å². The fourth-order valence-corrected chi connectivity index (χ4v) is 5.33. The molecule has 0 spiro atoms. The van der Waals surface area contributed by atoms with Crippen molar-refractivity contribution in [3.63, 3.8) is 0 Å². The fraction of sp³-hybridized carbons (Fsp3) is 0.348. The zero-order valence-electron chi connectivity index (χ0n) is 18.1. The van der Waals surface area contributed by atoms with E-state index in [1.807, 2.05) is 19.1 Å². The third-order valence-electron chi connectivity index (χ3n) is 5.76. The largest absolute Gasteiger partial charge is 0.407 e. The Morgan fingerprint density at radius 2 is 1.91 bits per heavy atom. The van der Waals surface area contributed by atoms with E-state index in [0.717, 1.165) is 5.56 Å². The number of carbonyl (C=O) groups excluding carboxylic acids is 1. The van der Waals surface area contributed by atoms with Crippen LogP contribution in [-0.2, 0) is 21.2 Å². The van der Waals surface area contributed by atoms with Crippen LogP contribution in [0.25, 0.3) is 0 Å². The molecule has 32 heavy (non-hydrogen) atoms. The molecule has 1 aliphatic heterocycles. The highest BCUT2D eigenvalue weighted by molar-refractivity contribution is 7.89. The Hall–Kier alpha value is -3.04. The minimum Gasteiger partial charge on any atom is -0.407 e. The number of anilines is 1. The number of aromatic nitrogens is 2. The highest BCUT2D eigenvalue weighted by Crippen LogP contribution is 2.25. The number of hydrogen-bond donors (Lipinski definition) is 1. The third kappa shape index (κ3) is 4.89. The summed E-state index contributed by atoms with van der Waals surface area (Å²) in [6.07, 6.45) is 1.67. The average Bonchev–Trinajstić information content (AvgIpc) is 3.23. The predicted molar refractivity (Wildman–Crippen MR) is 120 cm³/mol. The second-order valence-electron chi connectivity index (χ2n) is 8.10. The van der Waals surface area contributed by atoms with Gasteiger partial charge in [-0.15, -0.1) is 5.10 Å². The minimum absolute atomic E-state index is 0.0249. The second kappa shape index (κ2) is 9.22. The fourth-order valence-electron chi connectivity index (χ4n) is 3.79. The van der Waals surface area contributed by atoms with E-state index in [-0.39, 0.29) is 23.4 Å². The molecule has 1 unspecified atom stereocenters. The topological polar surface area (TPSA) is 105 Å². The number of nitrogens with zero attached hydrogens (tertiary/aromatic N) is 3. The van der Waals surface area contributed by atoms with Crippen LogP contribution in [0.1, 0.15) is 35.4 Å². The molecule has 0 radical (unpaired) electrons. The number of hydrogen-bond acceptors (Lipinski definition) is 6. The van der Waals surface area contributed by atoms with E-state index in [1.165, 1.54) is 15.4 Å². The van der Waals surface area contributed by atoms with Crippen LogP contribution in [0.4, 0.5) is 6.01 Å². The van der Waals surface area contributed by atoms with E-state index in [4.69, 9.17) is 4.42 Å². The summed E-state index contributed by atoms with van der Waals surface area (Å²) in [6, 6.07) is 14.4. The molecule has 1 fully saturated rings. The zero-order valence-corrected chi connectivity index (χ0v) is 18.9. The van der Waals surface area contributed by atoms with E-state index >= 15 is 0 Å². The first kappa shape index (κ1) is 22.2. The first-order valence-corrected chi connectivity index (χ1v) is 12.0. The van der Waals surface area contributed by atoms with Gasteiger partial charge in [0.2, 0.25) is 21.8 Å². The lowest BCUT2D eigenvalue weighted by Crippen LogP contribution is -2.43. The SMILES string of the molecule is Cc1ccc(Cc2nnc(NC(=O)C3CCCN(S(=O)(=O)c4ccccc4)C3)o2)cc1C. The monoisotopic (exact) mass is 454 g/mol. The molecule has 168 valence electrons. The highest BCUT2D eigenvalue weighted by Gasteiger charge is 2.33. The number of carbonyl (C=O) groups is 1. The number of nitrogens with one attached hydrogen (secondary N) is 1. The van der Waals surface area contributed by atoms with Crippen molar-refractivity contribution in [3.05, 3.63) is 71.1 Å². The van der Waals surface area contributed by atoms with Crippen molar-refractivity contribution < 1.29 is 17.6 Å². The van der Waals surface area contributed by atoms with Crippen LogP contribution in [0.5, 0.6) is 0 Å². The summed E-state index contributed by atoms with van der Waals surface area (Å²) < 4.78 is 32.7. The van der Waals surface area contributed by atoms with Gasteiger partial charge in [0.05, 0.1) is 17.2 Å². The average molecular weight is 455 g/mol. The van der Waals surface area contributed by atoms with Crippen molar-refractivity contribution in [1.29, 1.82) is 0 Å². The second-order valence-corrected chi connectivity index (χ2v) is 10.0. The van der Waals surface area contributed by atoms with Crippen LogP contribution in [0.2, 0.25) is 0 Å². The summed E-state index contributed by atoms with van der Waals surface area (Å²) in [5.74, 6) is -0.405. The molecule has 1 amide bonds. The van der Waals surface area contributed by atoms with Gasteiger partial charge in [0.15, 0.2) is 0 Å². The van der Waals surface area contributed by atoms with Gasteiger partial charge in [-0.25, -0.2) is 8.42 Å². The van der Waals surface area contributed by atoms with Gasteiger partial charge in [0.25, 0.3) is 0 Å². The lowest BCUT2D eigenvalue weighted by atomic mass is 9.99. The van der Waals surface area contributed by atoms with Crippen LogP contribution in [0.3, 0.4) is 0 Å². The molecule has 0 bridgehead atoms. The molecule has 1 aliphatic rings. The standard InChI is InChI=1S/C23H26N4O4S/c1-16-10-11-18(13-17(16)2)14-21-25-26-23(31-21)24-22(28)19-7-6-12-27(15-19)32(29,30)20-8-4-3-5-9-20/h3-5,8-11,13,19H,6-7,12,14-15H2,1-2H3,(H,24,26,28). The summed E-state index contributed by atoms with van der Waals surface area (Å²) in [6.45, 7) is 4.61. The number of rotatable bonds is 6. The van der Waals surface area contributed by atoms with Gasteiger partial charge in [-0.2, -0.15) is 4.31 Å². The van der Waals surface area contributed by atoms with Gasteiger partial charge < -0.3 is 4.42 Å². The number of piperidine rings is 1. The van der Waals surface area contributed by atoms with Crippen molar-refractivity contribution >= 4 is 21.9 Å². The zero-order chi connectivity index (χ0) is 22.7. The van der Waals surface area contributed by atoms with Gasteiger partial charge in [0.1, 0.15) is 0 Å². The van der Waals surface area contributed by atoms with E-state index in [1.54, 1.807) is 30.3 Å². The molecule has 2 aromatic carbocycles. The third-order valence-corrected chi connectivity index (χ3v) is 7.64.